The van der Waals surface area contributed by atoms with E-state index < -0.39 is 18.5 Å². The van der Waals surface area contributed by atoms with E-state index in [2.05, 4.69) is 10.6 Å². The van der Waals surface area contributed by atoms with Crippen LogP contribution in [-0.2, 0) is 11.3 Å². The van der Waals surface area contributed by atoms with Crippen LogP contribution in [0.1, 0.15) is 54.2 Å². The zero-order valence-electron chi connectivity index (χ0n) is 15.7. The van der Waals surface area contributed by atoms with E-state index >= 15 is 0 Å². The average molecular weight is 385 g/mol. The number of carbonyl (C=O) groups excluding carboxylic acids is 1. The van der Waals surface area contributed by atoms with Crippen molar-refractivity contribution < 1.29 is 22.7 Å². The highest BCUT2D eigenvalue weighted by molar-refractivity contribution is 5.97. The van der Waals surface area contributed by atoms with Crippen molar-refractivity contribution in [3.8, 4) is 0 Å². The first-order valence-electron chi connectivity index (χ1n) is 9.36. The first-order valence-corrected chi connectivity index (χ1v) is 9.36. The van der Waals surface area contributed by atoms with Crippen molar-refractivity contribution in [1.82, 2.24) is 15.2 Å². The maximum Gasteiger partial charge on any atom is 0.389 e. The first kappa shape index (κ1) is 19.9. The number of aromatic nitrogens is 1. The van der Waals surface area contributed by atoms with Crippen LogP contribution in [0.3, 0.4) is 0 Å². The SMILES string of the molecule is CC(C)OCCNC(=O)c1cn2c3c1C(CC(F)(F)F)CC=C3CNCC2. The highest BCUT2D eigenvalue weighted by Crippen LogP contribution is 2.43. The summed E-state index contributed by atoms with van der Waals surface area (Å²) in [6.45, 7) is 6.45. The molecule has 2 heterocycles. The molecule has 1 aliphatic carbocycles. The van der Waals surface area contributed by atoms with Gasteiger partial charge in [0, 0.05) is 38.1 Å². The van der Waals surface area contributed by atoms with Gasteiger partial charge >= 0.3 is 6.18 Å². The van der Waals surface area contributed by atoms with Gasteiger partial charge in [-0.2, -0.15) is 13.2 Å². The van der Waals surface area contributed by atoms with Gasteiger partial charge < -0.3 is 19.9 Å². The zero-order valence-corrected chi connectivity index (χ0v) is 15.7. The number of allylic oxidation sites excluding steroid dienone is 1. The first-order chi connectivity index (χ1) is 12.8. The number of carbonyl (C=O) groups is 1. The summed E-state index contributed by atoms with van der Waals surface area (Å²) < 4.78 is 46.7. The lowest BCUT2D eigenvalue weighted by atomic mass is 9.82. The Morgan fingerprint density at radius 3 is 2.93 bits per heavy atom. The van der Waals surface area contributed by atoms with Crippen molar-refractivity contribution in [3.63, 3.8) is 0 Å². The number of hydrogen-bond donors (Lipinski definition) is 2. The summed E-state index contributed by atoms with van der Waals surface area (Å²) in [4.78, 5) is 12.7. The molecule has 0 fully saturated rings. The largest absolute Gasteiger partial charge is 0.389 e. The number of hydrogen-bond acceptors (Lipinski definition) is 3. The standard InChI is InChI=1S/C19H26F3N3O2/c1-12(2)27-8-6-24-18(26)15-11-25-7-5-23-10-14-4-3-13(9-19(20,21)22)16(15)17(14)25/h4,11-13,23H,3,5-10H2,1-2H3,(H,24,26). The number of nitrogens with one attached hydrogen (secondary N) is 2. The minimum absolute atomic E-state index is 0.0602. The Kier molecular flexibility index (Phi) is 5.95. The van der Waals surface area contributed by atoms with E-state index in [1.165, 1.54) is 0 Å². The lowest BCUT2D eigenvalue weighted by Gasteiger charge is -2.25. The molecule has 3 rings (SSSR count). The van der Waals surface area contributed by atoms with Crippen molar-refractivity contribution in [1.29, 1.82) is 0 Å². The Morgan fingerprint density at radius 1 is 1.44 bits per heavy atom. The van der Waals surface area contributed by atoms with Gasteiger partial charge in [0.05, 0.1) is 24.7 Å². The van der Waals surface area contributed by atoms with Gasteiger partial charge in [0.25, 0.3) is 5.91 Å². The summed E-state index contributed by atoms with van der Waals surface area (Å²) in [5.41, 5.74) is 2.65. The fourth-order valence-electron chi connectivity index (χ4n) is 3.80. The monoisotopic (exact) mass is 385 g/mol. The third-order valence-corrected chi connectivity index (χ3v) is 4.88. The predicted octanol–water partition coefficient (Wildman–Crippen LogP) is 3.07. The van der Waals surface area contributed by atoms with Gasteiger partial charge in [0.2, 0.25) is 0 Å². The van der Waals surface area contributed by atoms with Crippen LogP contribution < -0.4 is 10.6 Å². The smallest absolute Gasteiger partial charge is 0.377 e. The van der Waals surface area contributed by atoms with Crippen LogP contribution in [0.15, 0.2) is 12.3 Å². The zero-order chi connectivity index (χ0) is 19.6. The molecule has 8 heteroatoms. The number of halogens is 3. The number of amides is 1. The van der Waals surface area contributed by atoms with Gasteiger partial charge in [-0.15, -0.1) is 0 Å². The van der Waals surface area contributed by atoms with Crippen LogP contribution in [0.25, 0.3) is 5.57 Å². The van der Waals surface area contributed by atoms with Crippen LogP contribution in [0.4, 0.5) is 13.2 Å². The van der Waals surface area contributed by atoms with Crippen LogP contribution in [0.2, 0.25) is 0 Å². The van der Waals surface area contributed by atoms with E-state index in [9.17, 15) is 18.0 Å². The third kappa shape index (κ3) is 4.73. The quantitative estimate of drug-likeness (QED) is 0.740. The van der Waals surface area contributed by atoms with Crippen LogP contribution in [0, 0.1) is 0 Å². The lowest BCUT2D eigenvalue weighted by molar-refractivity contribution is -0.138. The maximum absolute atomic E-state index is 13.1. The number of nitrogens with zero attached hydrogens (tertiary/aromatic N) is 1. The molecule has 5 nitrogen and oxygen atoms in total. The van der Waals surface area contributed by atoms with Gasteiger partial charge in [-0.3, -0.25) is 4.79 Å². The molecule has 0 saturated heterocycles. The molecule has 1 amide bonds. The summed E-state index contributed by atoms with van der Waals surface area (Å²) in [6, 6.07) is 0. The highest BCUT2D eigenvalue weighted by atomic mass is 19.4. The molecule has 0 spiro atoms. The van der Waals surface area contributed by atoms with E-state index in [1.54, 1.807) is 6.20 Å². The third-order valence-electron chi connectivity index (χ3n) is 4.88. The van der Waals surface area contributed by atoms with Crippen LogP contribution >= 0.6 is 0 Å². The van der Waals surface area contributed by atoms with Crippen LogP contribution in [0.5, 0.6) is 0 Å². The topological polar surface area (TPSA) is 55.3 Å². The summed E-state index contributed by atoms with van der Waals surface area (Å²) in [5, 5.41) is 6.06. The molecule has 2 aliphatic rings. The van der Waals surface area contributed by atoms with E-state index in [0.717, 1.165) is 11.3 Å². The van der Waals surface area contributed by atoms with Crippen molar-refractivity contribution in [2.24, 2.45) is 0 Å². The Labute approximate surface area is 156 Å². The molecule has 0 bridgehead atoms. The lowest BCUT2D eigenvalue weighted by Crippen LogP contribution is -2.29. The second-order valence-electron chi connectivity index (χ2n) is 7.33. The molecular weight excluding hydrogens is 359 g/mol. The molecule has 2 N–H and O–H groups in total. The molecule has 0 aromatic carbocycles. The van der Waals surface area contributed by atoms with E-state index in [1.807, 2.05) is 24.5 Å². The van der Waals surface area contributed by atoms with Gasteiger partial charge in [0.15, 0.2) is 0 Å². The average Bonchev–Trinajstić information content (AvgIpc) is 2.84. The van der Waals surface area contributed by atoms with E-state index in [0.29, 0.717) is 50.3 Å². The van der Waals surface area contributed by atoms with E-state index in [4.69, 9.17) is 4.74 Å². The second-order valence-corrected chi connectivity index (χ2v) is 7.33. The Hall–Kier alpha value is -1.80. The van der Waals surface area contributed by atoms with Gasteiger partial charge in [-0.05, 0) is 37.3 Å². The predicted molar refractivity (Wildman–Crippen MR) is 96.7 cm³/mol. The summed E-state index contributed by atoms with van der Waals surface area (Å²) in [6.07, 6.45) is -1.25. The number of alkyl halides is 3. The Balaban J connectivity index is 1.88. The minimum atomic E-state index is -4.27. The second kappa shape index (κ2) is 8.06. The molecule has 1 aliphatic heterocycles. The Morgan fingerprint density at radius 2 is 2.22 bits per heavy atom. The molecule has 1 aromatic rings. The maximum atomic E-state index is 13.1. The normalized spacial score (nSPS) is 19.5. The highest BCUT2D eigenvalue weighted by Gasteiger charge is 2.38. The number of ether oxygens (including phenoxy) is 1. The summed E-state index contributed by atoms with van der Waals surface area (Å²) >= 11 is 0. The van der Waals surface area contributed by atoms with Crippen LogP contribution in [-0.4, -0.2) is 49.0 Å². The van der Waals surface area contributed by atoms with Crippen molar-refractivity contribution in [3.05, 3.63) is 29.1 Å². The van der Waals surface area contributed by atoms with E-state index in [-0.39, 0.29) is 12.0 Å². The molecule has 1 atom stereocenters. The molecule has 0 radical (unpaired) electrons. The summed E-state index contributed by atoms with van der Waals surface area (Å²) in [5.74, 6) is -1.06. The van der Waals surface area contributed by atoms with Crippen molar-refractivity contribution in [2.75, 3.05) is 26.2 Å². The fourth-order valence-corrected chi connectivity index (χ4v) is 3.80. The molecular formula is C19H26F3N3O2. The molecule has 0 saturated carbocycles. The van der Waals surface area contributed by atoms with Gasteiger partial charge in [0.1, 0.15) is 0 Å². The number of rotatable bonds is 6. The Bertz CT molecular complexity index is 723. The van der Waals surface area contributed by atoms with Gasteiger partial charge in [-0.25, -0.2) is 0 Å². The van der Waals surface area contributed by atoms with Crippen molar-refractivity contribution in [2.45, 2.75) is 51.4 Å². The molecule has 1 aromatic heterocycles. The van der Waals surface area contributed by atoms with Crippen molar-refractivity contribution >= 4 is 11.5 Å². The summed E-state index contributed by atoms with van der Waals surface area (Å²) in [7, 11) is 0. The minimum Gasteiger partial charge on any atom is -0.377 e. The molecule has 1 unspecified atom stereocenters. The fraction of sp³-hybridized carbons (Fsp3) is 0.632. The molecule has 27 heavy (non-hydrogen) atoms. The molecule has 150 valence electrons. The van der Waals surface area contributed by atoms with Gasteiger partial charge in [-0.1, -0.05) is 6.08 Å².